The summed E-state index contributed by atoms with van der Waals surface area (Å²) in [5.41, 5.74) is -0.0300. The summed E-state index contributed by atoms with van der Waals surface area (Å²) < 4.78 is 13.8. The van der Waals surface area contributed by atoms with Crippen LogP contribution < -0.4 is 5.32 Å². The molecular formula is C15H20FN3. The molecule has 1 aliphatic rings. The van der Waals surface area contributed by atoms with E-state index in [1.165, 1.54) is 6.07 Å². The zero-order chi connectivity index (χ0) is 13.7. The Labute approximate surface area is 114 Å². The van der Waals surface area contributed by atoms with Gasteiger partial charge in [0.15, 0.2) is 0 Å². The van der Waals surface area contributed by atoms with Crippen LogP contribution in [0, 0.1) is 17.1 Å². The molecule has 1 unspecified atom stereocenters. The van der Waals surface area contributed by atoms with E-state index in [2.05, 4.69) is 16.3 Å². The molecule has 1 atom stereocenters. The van der Waals surface area contributed by atoms with Crippen molar-refractivity contribution in [2.75, 3.05) is 26.2 Å². The Hall–Kier alpha value is -1.44. The summed E-state index contributed by atoms with van der Waals surface area (Å²) in [6, 6.07) is 9.10. The molecule has 1 saturated heterocycles. The van der Waals surface area contributed by atoms with E-state index >= 15 is 0 Å². The van der Waals surface area contributed by atoms with Crippen LogP contribution in [-0.4, -0.2) is 36.6 Å². The van der Waals surface area contributed by atoms with Gasteiger partial charge in [-0.3, -0.25) is 4.90 Å². The van der Waals surface area contributed by atoms with Gasteiger partial charge in [0, 0.05) is 26.1 Å². The second-order valence-electron chi connectivity index (χ2n) is 5.24. The first kappa shape index (κ1) is 14.0. The molecule has 4 heteroatoms. The van der Waals surface area contributed by atoms with Crippen LogP contribution in [0.4, 0.5) is 4.39 Å². The Morgan fingerprint density at radius 2 is 2.16 bits per heavy atom. The maximum atomic E-state index is 13.8. The standard InChI is InChI=1S/C15H20FN3/c1-15(12-17,19-9-4-7-18-8-10-19)11-13-5-2-3-6-14(13)16/h2-3,5-6,18H,4,7-11H2,1H3. The fourth-order valence-corrected chi connectivity index (χ4v) is 2.57. The van der Waals surface area contributed by atoms with Crippen molar-refractivity contribution < 1.29 is 4.39 Å². The molecule has 3 nitrogen and oxygen atoms in total. The molecule has 0 aliphatic carbocycles. The van der Waals surface area contributed by atoms with Crippen molar-refractivity contribution in [3.8, 4) is 6.07 Å². The fraction of sp³-hybridized carbons (Fsp3) is 0.533. The largest absolute Gasteiger partial charge is 0.315 e. The van der Waals surface area contributed by atoms with Gasteiger partial charge in [-0.15, -0.1) is 0 Å². The summed E-state index contributed by atoms with van der Waals surface area (Å²) in [5, 5.41) is 12.9. The molecule has 0 bridgehead atoms. The van der Waals surface area contributed by atoms with E-state index in [9.17, 15) is 9.65 Å². The predicted octanol–water partition coefficient (Wildman–Crippen LogP) is 1.95. The molecule has 102 valence electrons. The molecular weight excluding hydrogens is 241 g/mol. The van der Waals surface area contributed by atoms with Crippen molar-refractivity contribution >= 4 is 0 Å². The molecule has 1 N–H and O–H groups in total. The number of nitriles is 1. The highest BCUT2D eigenvalue weighted by Crippen LogP contribution is 2.22. The number of hydrogen-bond donors (Lipinski definition) is 1. The first-order valence-corrected chi connectivity index (χ1v) is 6.76. The summed E-state index contributed by atoms with van der Waals surface area (Å²) in [5.74, 6) is -0.225. The maximum absolute atomic E-state index is 13.8. The van der Waals surface area contributed by atoms with Gasteiger partial charge in [0.25, 0.3) is 0 Å². The third-order valence-electron chi connectivity index (χ3n) is 3.77. The Morgan fingerprint density at radius 1 is 1.37 bits per heavy atom. The number of nitrogens with one attached hydrogen (secondary N) is 1. The van der Waals surface area contributed by atoms with Crippen molar-refractivity contribution in [1.29, 1.82) is 5.26 Å². The molecule has 0 aromatic heterocycles. The minimum absolute atomic E-state index is 0.225. The minimum Gasteiger partial charge on any atom is -0.315 e. The van der Waals surface area contributed by atoms with Gasteiger partial charge in [-0.2, -0.15) is 5.26 Å². The minimum atomic E-state index is -0.645. The number of halogens is 1. The highest BCUT2D eigenvalue weighted by atomic mass is 19.1. The lowest BCUT2D eigenvalue weighted by Gasteiger charge is -2.35. The van der Waals surface area contributed by atoms with E-state index in [1.807, 2.05) is 13.0 Å². The van der Waals surface area contributed by atoms with Gasteiger partial charge in [0.05, 0.1) is 6.07 Å². The van der Waals surface area contributed by atoms with Crippen molar-refractivity contribution in [3.63, 3.8) is 0 Å². The molecule has 19 heavy (non-hydrogen) atoms. The smallest absolute Gasteiger partial charge is 0.126 e. The van der Waals surface area contributed by atoms with Crippen LogP contribution in [0.3, 0.4) is 0 Å². The molecule has 2 rings (SSSR count). The quantitative estimate of drug-likeness (QED) is 0.904. The average Bonchev–Trinajstić information content (AvgIpc) is 2.71. The van der Waals surface area contributed by atoms with Gasteiger partial charge >= 0.3 is 0 Å². The Morgan fingerprint density at radius 3 is 2.89 bits per heavy atom. The van der Waals surface area contributed by atoms with Gasteiger partial charge in [-0.1, -0.05) is 18.2 Å². The van der Waals surface area contributed by atoms with E-state index in [4.69, 9.17) is 0 Å². The molecule has 0 amide bonds. The predicted molar refractivity (Wildman–Crippen MR) is 73.2 cm³/mol. The van der Waals surface area contributed by atoms with Crippen molar-refractivity contribution in [2.24, 2.45) is 0 Å². The molecule has 1 aromatic rings. The normalized spacial score (nSPS) is 20.3. The topological polar surface area (TPSA) is 39.1 Å². The summed E-state index contributed by atoms with van der Waals surface area (Å²) >= 11 is 0. The number of benzene rings is 1. The van der Waals surface area contributed by atoms with Crippen molar-refractivity contribution in [2.45, 2.75) is 25.3 Å². The van der Waals surface area contributed by atoms with Crippen molar-refractivity contribution in [3.05, 3.63) is 35.6 Å². The Balaban J connectivity index is 2.18. The molecule has 0 spiro atoms. The lowest BCUT2D eigenvalue weighted by Crippen LogP contribution is -2.48. The van der Waals surface area contributed by atoms with Gasteiger partial charge in [-0.25, -0.2) is 4.39 Å². The van der Waals surface area contributed by atoms with Crippen LogP contribution in [0.25, 0.3) is 0 Å². The second kappa shape index (κ2) is 6.14. The van der Waals surface area contributed by atoms with Crippen LogP contribution in [-0.2, 0) is 6.42 Å². The van der Waals surface area contributed by atoms with Crippen LogP contribution in [0.1, 0.15) is 18.9 Å². The first-order valence-electron chi connectivity index (χ1n) is 6.76. The van der Waals surface area contributed by atoms with Gasteiger partial charge in [0.2, 0.25) is 0 Å². The third-order valence-corrected chi connectivity index (χ3v) is 3.77. The van der Waals surface area contributed by atoms with E-state index in [1.54, 1.807) is 12.1 Å². The highest BCUT2D eigenvalue weighted by Gasteiger charge is 2.33. The third kappa shape index (κ3) is 3.31. The first-order chi connectivity index (χ1) is 9.15. The van der Waals surface area contributed by atoms with E-state index in [0.717, 1.165) is 32.6 Å². The van der Waals surface area contributed by atoms with Gasteiger partial charge in [0.1, 0.15) is 11.4 Å². The van der Waals surface area contributed by atoms with E-state index < -0.39 is 5.54 Å². The number of nitrogens with zero attached hydrogens (tertiary/aromatic N) is 2. The maximum Gasteiger partial charge on any atom is 0.126 e. The van der Waals surface area contributed by atoms with E-state index in [-0.39, 0.29) is 5.82 Å². The lowest BCUT2D eigenvalue weighted by molar-refractivity contribution is 0.161. The highest BCUT2D eigenvalue weighted by molar-refractivity contribution is 5.23. The Kier molecular flexibility index (Phi) is 4.52. The summed E-state index contributed by atoms with van der Waals surface area (Å²) in [7, 11) is 0. The van der Waals surface area contributed by atoms with Crippen LogP contribution in [0.5, 0.6) is 0 Å². The second-order valence-corrected chi connectivity index (χ2v) is 5.24. The van der Waals surface area contributed by atoms with Crippen LogP contribution in [0.15, 0.2) is 24.3 Å². The summed E-state index contributed by atoms with van der Waals surface area (Å²) in [6.45, 7) is 5.49. The van der Waals surface area contributed by atoms with Crippen molar-refractivity contribution in [1.82, 2.24) is 10.2 Å². The molecule has 1 heterocycles. The number of hydrogen-bond acceptors (Lipinski definition) is 3. The monoisotopic (exact) mass is 261 g/mol. The molecule has 0 radical (unpaired) electrons. The van der Waals surface area contributed by atoms with Crippen LogP contribution in [0.2, 0.25) is 0 Å². The summed E-state index contributed by atoms with van der Waals surface area (Å²) in [6.07, 6.45) is 1.45. The molecule has 1 aliphatic heterocycles. The Bertz CT molecular complexity index is 461. The zero-order valence-electron chi connectivity index (χ0n) is 11.3. The van der Waals surface area contributed by atoms with Gasteiger partial charge in [-0.05, 0) is 31.5 Å². The molecule has 1 fully saturated rings. The van der Waals surface area contributed by atoms with Gasteiger partial charge < -0.3 is 5.32 Å². The molecule has 0 saturated carbocycles. The zero-order valence-corrected chi connectivity index (χ0v) is 11.3. The van der Waals surface area contributed by atoms with E-state index in [0.29, 0.717) is 12.0 Å². The summed E-state index contributed by atoms with van der Waals surface area (Å²) in [4.78, 5) is 2.17. The number of rotatable bonds is 3. The lowest BCUT2D eigenvalue weighted by atomic mass is 9.91. The average molecular weight is 261 g/mol. The molecule has 1 aromatic carbocycles. The van der Waals surface area contributed by atoms with Crippen LogP contribution >= 0.6 is 0 Å². The SMILES string of the molecule is CC(C#N)(Cc1ccccc1F)N1CCCNCC1. The fourth-order valence-electron chi connectivity index (χ4n) is 2.57.